The van der Waals surface area contributed by atoms with E-state index in [4.69, 9.17) is 0 Å². The van der Waals surface area contributed by atoms with Gasteiger partial charge in [0.05, 0.1) is 6.17 Å². The summed E-state index contributed by atoms with van der Waals surface area (Å²) in [6.45, 7) is 6.56. The smallest absolute Gasteiger partial charge is 0.317 e. The molecule has 0 bridgehead atoms. The summed E-state index contributed by atoms with van der Waals surface area (Å²) in [4.78, 5) is 14.6. The maximum atomic E-state index is 12.3. The highest BCUT2D eigenvalue weighted by atomic mass is 16.2. The van der Waals surface area contributed by atoms with E-state index >= 15 is 0 Å². The Morgan fingerprint density at radius 2 is 1.88 bits per heavy atom. The molecule has 7 heteroatoms. The number of nitrogens with one attached hydrogen (secondary N) is 5. The van der Waals surface area contributed by atoms with Gasteiger partial charge in [0.25, 0.3) is 0 Å². The first-order chi connectivity index (χ1) is 12.4. The van der Waals surface area contributed by atoms with Gasteiger partial charge in [0.2, 0.25) is 0 Å². The molecule has 0 spiro atoms. The number of urea groups is 1. The Hall–Kier alpha value is -0.890. The number of amides is 2. The van der Waals surface area contributed by atoms with Gasteiger partial charge in [0, 0.05) is 12.1 Å². The van der Waals surface area contributed by atoms with Crippen LogP contribution in [0.15, 0.2) is 0 Å². The number of carbonyl (C=O) groups excluding carboxylic acids is 1. The van der Waals surface area contributed by atoms with Gasteiger partial charge in [-0.3, -0.25) is 10.6 Å². The lowest BCUT2D eigenvalue weighted by Crippen LogP contribution is -2.68. The minimum absolute atomic E-state index is 0.0760. The average Bonchev–Trinajstić information content (AvgIpc) is 2.53. The molecule has 1 aliphatic carbocycles. The second-order valence-corrected chi connectivity index (χ2v) is 8.51. The lowest BCUT2D eigenvalue weighted by atomic mass is 9.87. The number of hydrogen-bond acceptors (Lipinski definition) is 5. The molecule has 5 unspecified atom stereocenters. The van der Waals surface area contributed by atoms with Crippen LogP contribution in [0.5, 0.6) is 0 Å². The molecule has 1 saturated carbocycles. The third-order valence-electron chi connectivity index (χ3n) is 5.38. The van der Waals surface area contributed by atoms with E-state index in [1.54, 1.807) is 0 Å². The quantitative estimate of drug-likeness (QED) is 0.418. The minimum Gasteiger partial charge on any atom is -0.335 e. The van der Waals surface area contributed by atoms with Crippen LogP contribution in [-0.2, 0) is 0 Å². The van der Waals surface area contributed by atoms with Crippen LogP contribution in [0.3, 0.4) is 0 Å². The third-order valence-corrected chi connectivity index (χ3v) is 5.38. The molecule has 2 rings (SSSR count). The molecule has 0 aromatic heterocycles. The molecule has 0 aromatic carbocycles. The Kier molecular flexibility index (Phi) is 9.11. The van der Waals surface area contributed by atoms with Crippen LogP contribution in [-0.4, -0.2) is 62.7 Å². The van der Waals surface area contributed by atoms with Gasteiger partial charge in [-0.25, -0.2) is 4.79 Å². The first-order valence-corrected chi connectivity index (χ1v) is 10.4. The zero-order valence-electron chi connectivity index (χ0n) is 17.1. The van der Waals surface area contributed by atoms with Crippen molar-refractivity contribution in [3.05, 3.63) is 0 Å². The van der Waals surface area contributed by atoms with E-state index in [2.05, 4.69) is 59.4 Å². The first kappa shape index (κ1) is 21.4. The van der Waals surface area contributed by atoms with Crippen molar-refractivity contribution in [1.29, 1.82) is 0 Å². The molecule has 1 heterocycles. The summed E-state index contributed by atoms with van der Waals surface area (Å²) in [5, 5.41) is 16.6. The van der Waals surface area contributed by atoms with Crippen LogP contribution in [0.2, 0.25) is 0 Å². The molecule has 2 fully saturated rings. The minimum atomic E-state index is -0.195. The largest absolute Gasteiger partial charge is 0.335 e. The van der Waals surface area contributed by atoms with Crippen LogP contribution in [0.1, 0.15) is 58.8 Å². The summed E-state index contributed by atoms with van der Waals surface area (Å²) in [5.41, 5.74) is 0. The summed E-state index contributed by atoms with van der Waals surface area (Å²) in [7, 11) is 4.22. The number of unbranched alkanes of at least 4 members (excludes halogenated alkanes) is 1. The van der Waals surface area contributed by atoms with Crippen LogP contribution in [0, 0.1) is 5.92 Å². The molecule has 152 valence electrons. The highest BCUT2D eigenvalue weighted by Crippen LogP contribution is 2.23. The Morgan fingerprint density at radius 1 is 1.08 bits per heavy atom. The van der Waals surface area contributed by atoms with E-state index in [0.717, 1.165) is 38.8 Å². The topological polar surface area (TPSA) is 80.5 Å². The van der Waals surface area contributed by atoms with Gasteiger partial charge in [-0.1, -0.05) is 19.8 Å². The van der Waals surface area contributed by atoms with Gasteiger partial charge < -0.3 is 20.9 Å². The summed E-state index contributed by atoms with van der Waals surface area (Å²) >= 11 is 0. The maximum Gasteiger partial charge on any atom is 0.317 e. The van der Waals surface area contributed by atoms with Gasteiger partial charge >= 0.3 is 6.03 Å². The van der Waals surface area contributed by atoms with Crippen LogP contribution >= 0.6 is 0 Å². The second-order valence-electron chi connectivity index (χ2n) is 8.51. The van der Waals surface area contributed by atoms with Gasteiger partial charge in [0.15, 0.2) is 0 Å². The van der Waals surface area contributed by atoms with Crippen LogP contribution in [0.25, 0.3) is 0 Å². The second kappa shape index (κ2) is 11.1. The van der Waals surface area contributed by atoms with Gasteiger partial charge in [-0.05, 0) is 72.1 Å². The van der Waals surface area contributed by atoms with E-state index in [1.807, 2.05) is 0 Å². The number of carbonyl (C=O) groups is 1. The standard InChI is InChI=1S/C19H40N6O/c1-14-8-7-9-16(12-14)22-19(26)24-18-21-15(2)13-17(23-18)20-10-5-6-11-25(3)4/h14-18,20-21,23H,5-13H2,1-4H3,(H2,22,24,26). The predicted octanol–water partition coefficient (Wildman–Crippen LogP) is 1.38. The molecule has 7 nitrogen and oxygen atoms in total. The third kappa shape index (κ3) is 8.20. The van der Waals surface area contributed by atoms with E-state index in [9.17, 15) is 4.79 Å². The fourth-order valence-electron chi connectivity index (χ4n) is 4.00. The maximum absolute atomic E-state index is 12.3. The predicted molar refractivity (Wildman–Crippen MR) is 107 cm³/mol. The zero-order valence-corrected chi connectivity index (χ0v) is 17.1. The Morgan fingerprint density at radius 3 is 2.62 bits per heavy atom. The van der Waals surface area contributed by atoms with Crippen molar-refractivity contribution in [2.24, 2.45) is 5.92 Å². The summed E-state index contributed by atoms with van der Waals surface area (Å²) < 4.78 is 0. The van der Waals surface area contributed by atoms with Crippen molar-refractivity contribution < 1.29 is 4.79 Å². The molecule has 26 heavy (non-hydrogen) atoms. The summed E-state index contributed by atoms with van der Waals surface area (Å²) in [6, 6.07) is 0.592. The molecule has 5 atom stereocenters. The fourth-order valence-corrected chi connectivity index (χ4v) is 4.00. The number of nitrogens with zero attached hydrogens (tertiary/aromatic N) is 1. The molecule has 5 N–H and O–H groups in total. The van der Waals surface area contributed by atoms with Gasteiger partial charge in [0.1, 0.15) is 6.29 Å². The van der Waals surface area contributed by atoms with Crippen molar-refractivity contribution in [2.45, 2.75) is 83.3 Å². The van der Waals surface area contributed by atoms with E-state index < -0.39 is 0 Å². The van der Waals surface area contributed by atoms with Crippen LogP contribution in [0.4, 0.5) is 4.79 Å². The summed E-state index contributed by atoms with van der Waals surface area (Å²) in [6.07, 6.45) is 8.08. The number of hydrogen-bond donors (Lipinski definition) is 5. The molecule has 1 aliphatic heterocycles. The molecule has 1 saturated heterocycles. The molecule has 0 radical (unpaired) electrons. The van der Waals surface area contributed by atoms with Gasteiger partial charge in [-0.15, -0.1) is 0 Å². The van der Waals surface area contributed by atoms with E-state index in [1.165, 1.54) is 19.3 Å². The molecule has 0 aromatic rings. The van der Waals surface area contributed by atoms with Crippen molar-refractivity contribution in [1.82, 2.24) is 31.5 Å². The fraction of sp³-hybridized carbons (Fsp3) is 0.947. The normalized spacial score (nSPS) is 32.4. The zero-order chi connectivity index (χ0) is 18.9. The molecule has 2 amide bonds. The van der Waals surface area contributed by atoms with E-state index in [0.29, 0.717) is 18.0 Å². The summed E-state index contributed by atoms with van der Waals surface area (Å²) in [5.74, 6) is 0.709. The van der Waals surface area contributed by atoms with Crippen molar-refractivity contribution in [3.63, 3.8) is 0 Å². The highest BCUT2D eigenvalue weighted by Gasteiger charge is 2.27. The lowest BCUT2D eigenvalue weighted by molar-refractivity contribution is 0.183. The van der Waals surface area contributed by atoms with E-state index in [-0.39, 0.29) is 18.5 Å². The van der Waals surface area contributed by atoms with Gasteiger partial charge in [-0.2, -0.15) is 0 Å². The SMILES string of the molecule is CC1CCCC(NC(=O)NC2NC(C)CC(NCCCCN(C)C)N2)C1. The average molecular weight is 369 g/mol. The first-order valence-electron chi connectivity index (χ1n) is 10.4. The molecular weight excluding hydrogens is 328 g/mol. The molecular formula is C19H40N6O. The van der Waals surface area contributed by atoms with Crippen molar-refractivity contribution in [3.8, 4) is 0 Å². The van der Waals surface area contributed by atoms with Crippen molar-refractivity contribution >= 4 is 6.03 Å². The Balaban J connectivity index is 1.67. The van der Waals surface area contributed by atoms with Crippen LogP contribution < -0.4 is 26.6 Å². The Bertz CT molecular complexity index is 419. The highest BCUT2D eigenvalue weighted by molar-refractivity contribution is 5.74. The molecule has 2 aliphatic rings. The Labute approximate surface area is 159 Å². The van der Waals surface area contributed by atoms with Crippen molar-refractivity contribution in [2.75, 3.05) is 27.2 Å². The lowest BCUT2D eigenvalue weighted by Gasteiger charge is -2.37. The monoisotopic (exact) mass is 368 g/mol. The number of rotatable bonds is 8.